The Morgan fingerprint density at radius 3 is 2.56 bits per heavy atom. The zero-order chi connectivity index (χ0) is 19.2. The van der Waals surface area contributed by atoms with Gasteiger partial charge in [-0.1, -0.05) is 30.3 Å². The molecule has 0 aliphatic heterocycles. The van der Waals surface area contributed by atoms with Crippen molar-refractivity contribution in [2.45, 2.75) is 13.5 Å². The molecule has 0 aliphatic carbocycles. The fraction of sp³-hybridized carbons (Fsp3) is 0.0909. The van der Waals surface area contributed by atoms with Crippen molar-refractivity contribution in [3.05, 3.63) is 93.5 Å². The number of carboxylic acids is 1. The summed E-state index contributed by atoms with van der Waals surface area (Å²) in [4.78, 5) is 15.5. The SMILES string of the molecule is Cc1ccc(N=Cc2ccccc2OCc2ccc(C(=O)O)cc2)c(Br)c1. The third kappa shape index (κ3) is 5.05. The number of aryl methyl sites for hydroxylation is 1. The Hall–Kier alpha value is -2.92. The Kier molecular flexibility index (Phi) is 6.04. The molecule has 27 heavy (non-hydrogen) atoms. The number of aromatic carboxylic acids is 1. The molecule has 0 saturated carbocycles. The summed E-state index contributed by atoms with van der Waals surface area (Å²) in [5.74, 6) is -0.224. The predicted octanol–water partition coefficient (Wildman–Crippen LogP) is 5.79. The van der Waals surface area contributed by atoms with Crippen LogP contribution in [0.5, 0.6) is 5.75 Å². The lowest BCUT2D eigenvalue weighted by Crippen LogP contribution is -2.00. The summed E-state index contributed by atoms with van der Waals surface area (Å²) in [5, 5.41) is 8.96. The van der Waals surface area contributed by atoms with Crippen molar-refractivity contribution in [1.82, 2.24) is 0 Å². The largest absolute Gasteiger partial charge is 0.488 e. The van der Waals surface area contributed by atoms with Crippen LogP contribution in [0, 0.1) is 6.92 Å². The smallest absolute Gasteiger partial charge is 0.335 e. The van der Waals surface area contributed by atoms with E-state index in [2.05, 4.69) is 20.9 Å². The van der Waals surface area contributed by atoms with Gasteiger partial charge in [0.2, 0.25) is 0 Å². The Morgan fingerprint density at radius 2 is 1.85 bits per heavy atom. The molecule has 0 aromatic heterocycles. The molecule has 0 amide bonds. The van der Waals surface area contributed by atoms with Crippen LogP contribution >= 0.6 is 15.9 Å². The normalized spacial score (nSPS) is 10.9. The van der Waals surface area contributed by atoms with Gasteiger partial charge in [-0.3, -0.25) is 4.99 Å². The van der Waals surface area contributed by atoms with Crippen LogP contribution < -0.4 is 4.74 Å². The predicted molar refractivity (Wildman–Crippen MR) is 110 cm³/mol. The van der Waals surface area contributed by atoms with E-state index in [1.807, 2.05) is 49.4 Å². The lowest BCUT2D eigenvalue weighted by molar-refractivity contribution is 0.0697. The number of benzene rings is 3. The monoisotopic (exact) mass is 423 g/mol. The first-order chi connectivity index (χ1) is 13.0. The highest BCUT2D eigenvalue weighted by molar-refractivity contribution is 9.10. The van der Waals surface area contributed by atoms with Crippen molar-refractivity contribution >= 4 is 33.8 Å². The highest BCUT2D eigenvalue weighted by Crippen LogP contribution is 2.27. The van der Waals surface area contributed by atoms with E-state index < -0.39 is 5.97 Å². The van der Waals surface area contributed by atoms with Crippen molar-refractivity contribution in [2.75, 3.05) is 0 Å². The second-order valence-corrected chi connectivity index (χ2v) is 6.90. The van der Waals surface area contributed by atoms with Gasteiger partial charge in [-0.15, -0.1) is 0 Å². The molecule has 0 atom stereocenters. The number of hydrogen-bond acceptors (Lipinski definition) is 3. The van der Waals surface area contributed by atoms with Gasteiger partial charge in [-0.05, 0) is 70.4 Å². The minimum Gasteiger partial charge on any atom is -0.488 e. The summed E-state index contributed by atoms with van der Waals surface area (Å²) in [6.07, 6.45) is 1.78. The molecule has 0 spiro atoms. The molecule has 0 fully saturated rings. The van der Waals surface area contributed by atoms with Crippen LogP contribution in [0.2, 0.25) is 0 Å². The van der Waals surface area contributed by atoms with Gasteiger partial charge in [0.25, 0.3) is 0 Å². The van der Waals surface area contributed by atoms with Crippen LogP contribution in [-0.2, 0) is 6.61 Å². The average molecular weight is 424 g/mol. The third-order valence-corrected chi connectivity index (χ3v) is 4.60. The lowest BCUT2D eigenvalue weighted by Gasteiger charge is -2.09. The van der Waals surface area contributed by atoms with Gasteiger partial charge in [-0.2, -0.15) is 0 Å². The zero-order valence-corrected chi connectivity index (χ0v) is 16.3. The minimum absolute atomic E-state index is 0.259. The van der Waals surface area contributed by atoms with E-state index >= 15 is 0 Å². The van der Waals surface area contributed by atoms with Gasteiger partial charge in [0.15, 0.2) is 0 Å². The van der Waals surface area contributed by atoms with Crippen LogP contribution in [0.25, 0.3) is 0 Å². The molecule has 0 bridgehead atoms. The van der Waals surface area contributed by atoms with Crippen molar-refractivity contribution in [3.8, 4) is 5.75 Å². The minimum atomic E-state index is -0.939. The first kappa shape index (κ1) is 18.9. The van der Waals surface area contributed by atoms with Crippen LogP contribution in [0.1, 0.15) is 27.0 Å². The summed E-state index contributed by atoms with van der Waals surface area (Å²) in [6.45, 7) is 2.38. The van der Waals surface area contributed by atoms with Crippen LogP contribution in [0.15, 0.2) is 76.2 Å². The van der Waals surface area contributed by atoms with E-state index in [4.69, 9.17) is 9.84 Å². The third-order valence-electron chi connectivity index (χ3n) is 3.96. The van der Waals surface area contributed by atoms with E-state index in [-0.39, 0.29) is 5.56 Å². The van der Waals surface area contributed by atoms with Gasteiger partial charge in [-0.25, -0.2) is 4.79 Å². The zero-order valence-electron chi connectivity index (χ0n) is 14.7. The van der Waals surface area contributed by atoms with E-state index in [9.17, 15) is 4.79 Å². The van der Waals surface area contributed by atoms with Gasteiger partial charge in [0, 0.05) is 16.3 Å². The van der Waals surface area contributed by atoms with Gasteiger partial charge < -0.3 is 9.84 Å². The summed E-state index contributed by atoms with van der Waals surface area (Å²) in [5.41, 5.74) is 4.04. The number of aliphatic imine (C=N–C) groups is 1. The molecule has 5 heteroatoms. The number of nitrogens with zero attached hydrogens (tertiary/aromatic N) is 1. The molecule has 0 unspecified atom stereocenters. The summed E-state index contributed by atoms with van der Waals surface area (Å²) in [7, 11) is 0. The van der Waals surface area contributed by atoms with Crippen LogP contribution in [-0.4, -0.2) is 17.3 Å². The standard InChI is InChI=1S/C22H18BrNO3/c1-15-6-11-20(19(23)12-15)24-13-18-4-2-3-5-21(18)27-14-16-7-9-17(10-8-16)22(25)26/h2-13H,14H2,1H3,(H,25,26). The number of hydrogen-bond donors (Lipinski definition) is 1. The molecular weight excluding hydrogens is 406 g/mol. The molecule has 3 aromatic carbocycles. The van der Waals surface area contributed by atoms with E-state index in [0.29, 0.717) is 12.4 Å². The molecule has 0 saturated heterocycles. The average Bonchev–Trinajstić information content (AvgIpc) is 2.66. The van der Waals surface area contributed by atoms with Crippen LogP contribution in [0.3, 0.4) is 0 Å². The van der Waals surface area contributed by atoms with Crippen molar-refractivity contribution in [1.29, 1.82) is 0 Å². The molecule has 1 N–H and O–H groups in total. The Bertz CT molecular complexity index is 981. The number of rotatable bonds is 6. The maximum Gasteiger partial charge on any atom is 0.335 e. The van der Waals surface area contributed by atoms with Crippen molar-refractivity contribution in [3.63, 3.8) is 0 Å². The molecule has 136 valence electrons. The van der Waals surface area contributed by atoms with Crippen LogP contribution in [0.4, 0.5) is 5.69 Å². The number of halogens is 1. The Morgan fingerprint density at radius 1 is 1.11 bits per heavy atom. The highest BCUT2D eigenvalue weighted by Gasteiger charge is 2.05. The lowest BCUT2D eigenvalue weighted by atomic mass is 10.1. The number of para-hydroxylation sites is 1. The molecule has 0 radical (unpaired) electrons. The van der Waals surface area contributed by atoms with E-state index in [0.717, 1.165) is 21.3 Å². The van der Waals surface area contributed by atoms with Gasteiger partial charge in [0.1, 0.15) is 12.4 Å². The van der Waals surface area contributed by atoms with Crippen molar-refractivity contribution < 1.29 is 14.6 Å². The second kappa shape index (κ2) is 8.64. The highest BCUT2D eigenvalue weighted by atomic mass is 79.9. The summed E-state index contributed by atoms with van der Waals surface area (Å²) >= 11 is 3.53. The molecular formula is C22H18BrNO3. The molecule has 3 rings (SSSR count). The fourth-order valence-corrected chi connectivity index (χ4v) is 3.07. The topological polar surface area (TPSA) is 58.9 Å². The van der Waals surface area contributed by atoms with Crippen molar-refractivity contribution in [2.24, 2.45) is 4.99 Å². The summed E-state index contributed by atoms with van der Waals surface area (Å²) < 4.78 is 6.85. The quantitative estimate of drug-likeness (QED) is 0.510. The van der Waals surface area contributed by atoms with Gasteiger partial charge in [0.05, 0.1) is 11.3 Å². The first-order valence-corrected chi connectivity index (χ1v) is 9.16. The maximum absolute atomic E-state index is 10.9. The Labute approximate surface area is 166 Å². The number of carbonyl (C=O) groups is 1. The Balaban J connectivity index is 1.73. The second-order valence-electron chi connectivity index (χ2n) is 6.04. The molecule has 0 heterocycles. The summed E-state index contributed by atoms with van der Waals surface area (Å²) in [6, 6.07) is 20.3. The fourth-order valence-electron chi connectivity index (χ4n) is 2.48. The van der Waals surface area contributed by atoms with E-state index in [1.165, 1.54) is 5.56 Å². The molecule has 3 aromatic rings. The number of ether oxygens (including phenoxy) is 1. The number of carboxylic acid groups (broad SMARTS) is 1. The first-order valence-electron chi connectivity index (χ1n) is 8.37. The molecule has 0 aliphatic rings. The molecule has 4 nitrogen and oxygen atoms in total. The van der Waals surface area contributed by atoms with Gasteiger partial charge >= 0.3 is 5.97 Å². The van der Waals surface area contributed by atoms with E-state index in [1.54, 1.807) is 30.5 Å². The maximum atomic E-state index is 10.9.